The minimum atomic E-state index is -0.701. The van der Waals surface area contributed by atoms with Crippen LogP contribution in [0, 0.1) is 10.1 Å². The molecule has 1 heterocycles. The Kier molecular flexibility index (Phi) is 5.90. The number of benzene rings is 1. The summed E-state index contributed by atoms with van der Waals surface area (Å²) in [6, 6.07) is 5.02. The summed E-state index contributed by atoms with van der Waals surface area (Å²) in [6.07, 6.45) is 3.82. The number of ketones is 1. The van der Waals surface area contributed by atoms with Crippen molar-refractivity contribution < 1.29 is 19.6 Å². The van der Waals surface area contributed by atoms with E-state index in [0.717, 1.165) is 25.7 Å². The zero-order valence-corrected chi connectivity index (χ0v) is 14.4. The summed E-state index contributed by atoms with van der Waals surface area (Å²) in [7, 11) is 0. The fourth-order valence-electron chi connectivity index (χ4n) is 3.08. The highest BCUT2D eigenvalue weighted by Gasteiger charge is 2.42. The van der Waals surface area contributed by atoms with Gasteiger partial charge in [-0.25, -0.2) is 0 Å². The second-order valence-corrected chi connectivity index (χ2v) is 6.13. The number of hydrogen-bond acceptors (Lipinski definition) is 5. The van der Waals surface area contributed by atoms with Crippen LogP contribution in [0.5, 0.6) is 0 Å². The molecule has 1 aromatic carbocycles. The van der Waals surface area contributed by atoms with Crippen LogP contribution in [-0.2, 0) is 9.59 Å². The van der Waals surface area contributed by atoms with Crippen molar-refractivity contribution in [2.24, 2.45) is 0 Å². The number of nitrogens with zero attached hydrogens (tertiary/aromatic N) is 2. The standard InChI is InChI=1S/C18H22N2O5/c1-3-4-5-6-11-19-16(15(12(2)21)17(22)18(19)23)13-7-9-14(10-8-13)20(24)25/h7-10,16,22H,3-6,11H2,1-2H3/t16-/m1/s1. The molecule has 7 nitrogen and oxygen atoms in total. The summed E-state index contributed by atoms with van der Waals surface area (Å²) < 4.78 is 0. The lowest BCUT2D eigenvalue weighted by molar-refractivity contribution is -0.384. The van der Waals surface area contributed by atoms with E-state index in [1.807, 2.05) is 0 Å². The highest BCUT2D eigenvalue weighted by molar-refractivity contribution is 6.08. The Bertz CT molecular complexity index is 709. The number of aliphatic hydroxyl groups excluding tert-OH is 1. The predicted octanol–water partition coefficient (Wildman–Crippen LogP) is 3.46. The number of nitro benzene ring substituents is 1. The van der Waals surface area contributed by atoms with E-state index >= 15 is 0 Å². The SMILES string of the molecule is CCCCCCN1C(=O)C(O)=C(C(C)=O)[C@H]1c1ccc([N+](=O)[O-])cc1. The average molecular weight is 346 g/mol. The van der Waals surface area contributed by atoms with Gasteiger partial charge in [-0.3, -0.25) is 19.7 Å². The molecule has 1 aliphatic rings. The summed E-state index contributed by atoms with van der Waals surface area (Å²) in [4.78, 5) is 36.2. The first-order chi connectivity index (χ1) is 11.9. The highest BCUT2D eigenvalue weighted by atomic mass is 16.6. The number of non-ortho nitro benzene ring substituents is 1. The van der Waals surface area contributed by atoms with Crippen molar-refractivity contribution in [1.82, 2.24) is 4.90 Å². The van der Waals surface area contributed by atoms with E-state index in [9.17, 15) is 24.8 Å². The zero-order valence-electron chi connectivity index (χ0n) is 14.4. The van der Waals surface area contributed by atoms with Crippen molar-refractivity contribution >= 4 is 17.4 Å². The Labute approximate surface area is 146 Å². The summed E-state index contributed by atoms with van der Waals surface area (Å²) in [6.45, 7) is 3.81. The molecule has 1 aromatic rings. The Morgan fingerprint density at radius 2 is 1.88 bits per heavy atom. The monoisotopic (exact) mass is 346 g/mol. The van der Waals surface area contributed by atoms with Crippen molar-refractivity contribution in [2.45, 2.75) is 45.6 Å². The fourth-order valence-corrected chi connectivity index (χ4v) is 3.08. The second-order valence-electron chi connectivity index (χ2n) is 6.13. The third-order valence-electron chi connectivity index (χ3n) is 4.36. The van der Waals surface area contributed by atoms with Crippen molar-refractivity contribution in [3.05, 3.63) is 51.3 Å². The Balaban J connectivity index is 2.34. The molecule has 134 valence electrons. The molecule has 0 aliphatic carbocycles. The average Bonchev–Trinajstić information content (AvgIpc) is 2.83. The molecule has 0 fully saturated rings. The van der Waals surface area contributed by atoms with Crippen LogP contribution in [0.15, 0.2) is 35.6 Å². The van der Waals surface area contributed by atoms with Crippen LogP contribution in [0.4, 0.5) is 5.69 Å². The molecular weight excluding hydrogens is 324 g/mol. The maximum absolute atomic E-state index is 12.4. The quantitative estimate of drug-likeness (QED) is 0.441. The molecule has 1 aliphatic heterocycles. The van der Waals surface area contributed by atoms with Crippen molar-refractivity contribution in [3.8, 4) is 0 Å². The summed E-state index contributed by atoms with van der Waals surface area (Å²) in [5, 5.41) is 20.9. The number of hydrogen-bond donors (Lipinski definition) is 1. The number of carbonyl (C=O) groups is 2. The lowest BCUT2D eigenvalue weighted by Gasteiger charge is -2.26. The molecule has 7 heteroatoms. The van der Waals surface area contributed by atoms with E-state index in [4.69, 9.17) is 0 Å². The molecule has 0 saturated carbocycles. The lowest BCUT2D eigenvalue weighted by Crippen LogP contribution is -2.32. The van der Waals surface area contributed by atoms with Gasteiger partial charge in [0.05, 0.1) is 16.5 Å². The number of nitro groups is 1. The first-order valence-electron chi connectivity index (χ1n) is 8.37. The van der Waals surface area contributed by atoms with E-state index in [1.165, 1.54) is 36.1 Å². The predicted molar refractivity (Wildman–Crippen MR) is 92.0 cm³/mol. The molecule has 25 heavy (non-hydrogen) atoms. The lowest BCUT2D eigenvalue weighted by atomic mass is 9.96. The number of unbranched alkanes of at least 4 members (excludes halogenated alkanes) is 3. The molecule has 0 radical (unpaired) electrons. The van der Waals surface area contributed by atoms with Crippen LogP contribution in [-0.4, -0.2) is 33.2 Å². The molecule has 0 spiro atoms. The van der Waals surface area contributed by atoms with E-state index in [1.54, 1.807) is 0 Å². The van der Waals surface area contributed by atoms with Gasteiger partial charge in [-0.05, 0) is 31.0 Å². The summed E-state index contributed by atoms with van der Waals surface area (Å²) >= 11 is 0. The van der Waals surface area contributed by atoms with Gasteiger partial charge in [0.25, 0.3) is 11.6 Å². The first kappa shape index (κ1) is 18.6. The third-order valence-corrected chi connectivity index (χ3v) is 4.36. The van der Waals surface area contributed by atoms with Gasteiger partial charge >= 0.3 is 0 Å². The van der Waals surface area contributed by atoms with Gasteiger partial charge < -0.3 is 10.0 Å². The van der Waals surface area contributed by atoms with E-state index in [2.05, 4.69) is 6.92 Å². The van der Waals surface area contributed by atoms with Crippen LogP contribution < -0.4 is 0 Å². The first-order valence-corrected chi connectivity index (χ1v) is 8.37. The van der Waals surface area contributed by atoms with Gasteiger partial charge in [0.15, 0.2) is 11.5 Å². The molecule has 1 amide bonds. The maximum Gasteiger partial charge on any atom is 0.290 e. The number of Topliss-reactive ketones (excluding diaryl/α,β-unsaturated/α-hetero) is 1. The van der Waals surface area contributed by atoms with Crippen LogP contribution in [0.1, 0.15) is 51.1 Å². The molecule has 0 bridgehead atoms. The Hall–Kier alpha value is -2.70. The highest BCUT2D eigenvalue weighted by Crippen LogP contribution is 2.38. The largest absolute Gasteiger partial charge is 0.503 e. The summed E-state index contributed by atoms with van der Waals surface area (Å²) in [5.74, 6) is -1.47. The van der Waals surface area contributed by atoms with Crippen molar-refractivity contribution in [1.29, 1.82) is 0 Å². The molecule has 0 aromatic heterocycles. The number of rotatable bonds is 8. The third kappa shape index (κ3) is 3.87. The van der Waals surface area contributed by atoms with Crippen LogP contribution in [0.2, 0.25) is 0 Å². The molecule has 2 rings (SSSR count). The topological polar surface area (TPSA) is 101 Å². The van der Waals surface area contributed by atoms with Crippen molar-refractivity contribution in [3.63, 3.8) is 0 Å². The minimum Gasteiger partial charge on any atom is -0.503 e. The van der Waals surface area contributed by atoms with Gasteiger partial charge in [0.2, 0.25) is 0 Å². The fraction of sp³-hybridized carbons (Fsp3) is 0.444. The Morgan fingerprint density at radius 3 is 2.40 bits per heavy atom. The van der Waals surface area contributed by atoms with E-state index in [0.29, 0.717) is 12.1 Å². The normalized spacial score (nSPS) is 17.3. The molecule has 0 saturated heterocycles. The summed E-state index contributed by atoms with van der Waals surface area (Å²) in [5.41, 5.74) is 0.554. The van der Waals surface area contributed by atoms with Crippen LogP contribution in [0.25, 0.3) is 0 Å². The van der Waals surface area contributed by atoms with Gasteiger partial charge in [0, 0.05) is 18.7 Å². The maximum atomic E-state index is 12.4. The molecule has 0 unspecified atom stereocenters. The van der Waals surface area contributed by atoms with Gasteiger partial charge in [0.1, 0.15) is 0 Å². The van der Waals surface area contributed by atoms with Gasteiger partial charge in [-0.2, -0.15) is 0 Å². The number of amides is 1. The van der Waals surface area contributed by atoms with E-state index in [-0.39, 0.29) is 17.0 Å². The minimum absolute atomic E-state index is 0.0503. The smallest absolute Gasteiger partial charge is 0.290 e. The Morgan fingerprint density at radius 1 is 1.24 bits per heavy atom. The van der Waals surface area contributed by atoms with Gasteiger partial charge in [-0.15, -0.1) is 0 Å². The second kappa shape index (κ2) is 7.92. The molecular formula is C18H22N2O5. The van der Waals surface area contributed by atoms with Crippen molar-refractivity contribution in [2.75, 3.05) is 6.54 Å². The zero-order chi connectivity index (χ0) is 18.6. The van der Waals surface area contributed by atoms with Gasteiger partial charge in [-0.1, -0.05) is 26.2 Å². The number of carbonyl (C=O) groups excluding carboxylic acids is 2. The molecule has 1 N–H and O–H groups in total. The number of aliphatic hydroxyl groups is 1. The van der Waals surface area contributed by atoms with Crippen LogP contribution in [0.3, 0.4) is 0 Å². The van der Waals surface area contributed by atoms with E-state index < -0.39 is 22.6 Å². The van der Waals surface area contributed by atoms with Crippen LogP contribution >= 0.6 is 0 Å². The molecule has 1 atom stereocenters.